The molecule has 22 heavy (non-hydrogen) atoms. The maximum absolute atomic E-state index is 12.3. The summed E-state index contributed by atoms with van der Waals surface area (Å²) >= 11 is 0. The molecule has 0 spiro atoms. The van der Waals surface area contributed by atoms with Crippen molar-refractivity contribution in [3.63, 3.8) is 0 Å². The SMILES string of the molecule is Nc1ccc(C(=O)Nc2ccccc2C(=O)NC2CC2)cc1. The van der Waals surface area contributed by atoms with Gasteiger partial charge in [0.2, 0.25) is 0 Å². The van der Waals surface area contributed by atoms with Crippen LogP contribution in [0.25, 0.3) is 0 Å². The van der Waals surface area contributed by atoms with Gasteiger partial charge in [0.1, 0.15) is 0 Å². The van der Waals surface area contributed by atoms with Crippen molar-refractivity contribution in [2.75, 3.05) is 11.1 Å². The summed E-state index contributed by atoms with van der Waals surface area (Å²) < 4.78 is 0. The number of amides is 2. The van der Waals surface area contributed by atoms with E-state index in [0.717, 1.165) is 12.8 Å². The molecule has 0 unspecified atom stereocenters. The number of benzene rings is 2. The number of nitrogens with one attached hydrogen (secondary N) is 2. The lowest BCUT2D eigenvalue weighted by atomic mass is 10.1. The van der Waals surface area contributed by atoms with Gasteiger partial charge in [-0.05, 0) is 49.2 Å². The second-order valence-electron chi connectivity index (χ2n) is 5.37. The van der Waals surface area contributed by atoms with Crippen molar-refractivity contribution >= 4 is 23.2 Å². The average Bonchev–Trinajstić information content (AvgIpc) is 3.32. The first-order valence-electron chi connectivity index (χ1n) is 7.20. The lowest BCUT2D eigenvalue weighted by Gasteiger charge is -2.11. The van der Waals surface area contributed by atoms with Crippen molar-refractivity contribution in [3.05, 3.63) is 59.7 Å². The summed E-state index contributed by atoms with van der Waals surface area (Å²) in [4.78, 5) is 24.5. The van der Waals surface area contributed by atoms with Gasteiger partial charge in [0.25, 0.3) is 11.8 Å². The molecule has 1 aliphatic rings. The third kappa shape index (κ3) is 3.25. The molecular weight excluding hydrogens is 278 g/mol. The predicted molar refractivity (Wildman–Crippen MR) is 85.7 cm³/mol. The van der Waals surface area contributed by atoms with Crippen molar-refractivity contribution in [1.29, 1.82) is 0 Å². The van der Waals surface area contributed by atoms with Crippen LogP contribution in [0.3, 0.4) is 0 Å². The Morgan fingerprint density at radius 3 is 2.32 bits per heavy atom. The van der Waals surface area contributed by atoms with E-state index in [9.17, 15) is 9.59 Å². The van der Waals surface area contributed by atoms with Crippen molar-refractivity contribution in [1.82, 2.24) is 5.32 Å². The Kier molecular flexibility index (Phi) is 3.78. The molecule has 2 amide bonds. The van der Waals surface area contributed by atoms with E-state index in [2.05, 4.69) is 10.6 Å². The molecule has 2 aromatic carbocycles. The lowest BCUT2D eigenvalue weighted by Crippen LogP contribution is -2.27. The monoisotopic (exact) mass is 295 g/mol. The third-order valence-electron chi connectivity index (χ3n) is 3.51. The van der Waals surface area contributed by atoms with Crippen LogP contribution in [-0.4, -0.2) is 17.9 Å². The number of hydrogen-bond acceptors (Lipinski definition) is 3. The summed E-state index contributed by atoms with van der Waals surface area (Å²) in [5.41, 5.74) is 7.67. The standard InChI is InChI=1S/C17H17N3O2/c18-12-7-5-11(6-8-12)16(21)20-15-4-2-1-3-14(15)17(22)19-13-9-10-13/h1-8,13H,9-10,18H2,(H,19,22)(H,20,21). The topological polar surface area (TPSA) is 84.2 Å². The molecule has 112 valence electrons. The normalized spacial score (nSPS) is 13.5. The summed E-state index contributed by atoms with van der Waals surface area (Å²) in [6.45, 7) is 0. The summed E-state index contributed by atoms with van der Waals surface area (Å²) in [6, 6.07) is 13.9. The van der Waals surface area contributed by atoms with Crippen LogP contribution in [0.4, 0.5) is 11.4 Å². The van der Waals surface area contributed by atoms with Gasteiger partial charge in [-0.15, -0.1) is 0 Å². The van der Waals surface area contributed by atoms with Crippen LogP contribution in [0.1, 0.15) is 33.6 Å². The molecular formula is C17H17N3O2. The fourth-order valence-electron chi connectivity index (χ4n) is 2.11. The van der Waals surface area contributed by atoms with Crippen molar-refractivity contribution < 1.29 is 9.59 Å². The minimum atomic E-state index is -0.272. The summed E-state index contributed by atoms with van der Waals surface area (Å²) in [5.74, 6) is -0.428. The summed E-state index contributed by atoms with van der Waals surface area (Å²) in [5, 5.41) is 5.70. The van der Waals surface area contributed by atoms with Crippen LogP contribution in [0.5, 0.6) is 0 Å². The van der Waals surface area contributed by atoms with Gasteiger partial charge in [-0.3, -0.25) is 9.59 Å². The molecule has 1 aliphatic carbocycles. The highest BCUT2D eigenvalue weighted by atomic mass is 16.2. The largest absolute Gasteiger partial charge is 0.399 e. The highest BCUT2D eigenvalue weighted by Gasteiger charge is 2.25. The Labute approximate surface area is 128 Å². The van der Waals surface area contributed by atoms with Crippen LogP contribution in [-0.2, 0) is 0 Å². The number of rotatable bonds is 4. The number of carbonyl (C=O) groups is 2. The van der Waals surface area contributed by atoms with E-state index in [1.54, 1.807) is 48.5 Å². The summed E-state index contributed by atoms with van der Waals surface area (Å²) in [7, 11) is 0. The maximum atomic E-state index is 12.3. The van der Waals surface area contributed by atoms with E-state index in [4.69, 9.17) is 5.73 Å². The number of carbonyl (C=O) groups excluding carboxylic acids is 2. The van der Waals surface area contributed by atoms with E-state index in [1.807, 2.05) is 0 Å². The molecule has 0 bridgehead atoms. The van der Waals surface area contributed by atoms with Crippen LogP contribution < -0.4 is 16.4 Å². The second kappa shape index (κ2) is 5.89. The zero-order chi connectivity index (χ0) is 15.5. The minimum absolute atomic E-state index is 0.157. The van der Waals surface area contributed by atoms with Crippen LogP contribution in [0.15, 0.2) is 48.5 Å². The molecule has 0 atom stereocenters. The first-order valence-corrected chi connectivity index (χ1v) is 7.20. The van der Waals surface area contributed by atoms with Gasteiger partial charge in [0.15, 0.2) is 0 Å². The van der Waals surface area contributed by atoms with Gasteiger partial charge in [-0.2, -0.15) is 0 Å². The number of nitrogen functional groups attached to an aromatic ring is 1. The average molecular weight is 295 g/mol. The molecule has 0 aromatic heterocycles. The molecule has 5 nitrogen and oxygen atoms in total. The number of hydrogen-bond donors (Lipinski definition) is 3. The molecule has 0 saturated heterocycles. The van der Waals surface area contributed by atoms with Crippen LogP contribution in [0.2, 0.25) is 0 Å². The highest BCUT2D eigenvalue weighted by molar-refractivity contribution is 6.09. The van der Waals surface area contributed by atoms with E-state index in [-0.39, 0.29) is 17.9 Å². The number of para-hydroxylation sites is 1. The molecule has 2 aromatic rings. The molecule has 3 rings (SSSR count). The Balaban J connectivity index is 1.78. The fraction of sp³-hybridized carbons (Fsp3) is 0.176. The molecule has 0 aliphatic heterocycles. The van der Waals surface area contributed by atoms with Crippen molar-refractivity contribution in [2.24, 2.45) is 0 Å². The van der Waals surface area contributed by atoms with Crippen molar-refractivity contribution in [3.8, 4) is 0 Å². The van der Waals surface area contributed by atoms with E-state index >= 15 is 0 Å². The first kappa shape index (κ1) is 14.1. The van der Waals surface area contributed by atoms with Gasteiger partial charge in [0.05, 0.1) is 11.3 Å². The highest BCUT2D eigenvalue weighted by Crippen LogP contribution is 2.22. The van der Waals surface area contributed by atoms with Gasteiger partial charge >= 0.3 is 0 Å². The van der Waals surface area contributed by atoms with E-state index in [1.165, 1.54) is 0 Å². The zero-order valence-corrected chi connectivity index (χ0v) is 12.0. The van der Waals surface area contributed by atoms with E-state index < -0.39 is 0 Å². The molecule has 1 fully saturated rings. The Morgan fingerprint density at radius 2 is 1.64 bits per heavy atom. The molecule has 1 saturated carbocycles. The van der Waals surface area contributed by atoms with Gasteiger partial charge in [-0.25, -0.2) is 0 Å². The van der Waals surface area contributed by atoms with Gasteiger partial charge in [0, 0.05) is 17.3 Å². The molecule has 5 heteroatoms. The molecule has 0 radical (unpaired) electrons. The quantitative estimate of drug-likeness (QED) is 0.757. The van der Waals surface area contributed by atoms with Crippen LogP contribution in [0, 0.1) is 0 Å². The third-order valence-corrected chi connectivity index (χ3v) is 3.51. The fourth-order valence-corrected chi connectivity index (χ4v) is 2.11. The lowest BCUT2D eigenvalue weighted by molar-refractivity contribution is 0.0952. The smallest absolute Gasteiger partial charge is 0.255 e. The Bertz CT molecular complexity index is 706. The Morgan fingerprint density at radius 1 is 0.955 bits per heavy atom. The van der Waals surface area contributed by atoms with Gasteiger partial charge in [-0.1, -0.05) is 12.1 Å². The Hall–Kier alpha value is -2.82. The van der Waals surface area contributed by atoms with Gasteiger partial charge < -0.3 is 16.4 Å². The summed E-state index contributed by atoms with van der Waals surface area (Å²) in [6.07, 6.45) is 2.04. The first-order chi connectivity index (χ1) is 10.6. The molecule has 4 N–H and O–H groups in total. The zero-order valence-electron chi connectivity index (χ0n) is 12.0. The second-order valence-corrected chi connectivity index (χ2v) is 5.37. The van der Waals surface area contributed by atoms with Crippen molar-refractivity contribution in [2.45, 2.75) is 18.9 Å². The van der Waals surface area contributed by atoms with E-state index in [0.29, 0.717) is 22.5 Å². The number of anilines is 2. The number of nitrogens with two attached hydrogens (primary N) is 1. The van der Waals surface area contributed by atoms with Crippen LogP contribution >= 0.6 is 0 Å². The minimum Gasteiger partial charge on any atom is -0.399 e. The predicted octanol–water partition coefficient (Wildman–Crippen LogP) is 2.41. The molecule has 0 heterocycles. The maximum Gasteiger partial charge on any atom is 0.255 e.